The van der Waals surface area contributed by atoms with Crippen LogP contribution in [0.25, 0.3) is 0 Å². The maximum atomic E-state index is 12.7. The number of nitrogens with one attached hydrogen (secondary N) is 2. The lowest BCUT2D eigenvalue weighted by Crippen LogP contribution is -2.16. The van der Waals surface area contributed by atoms with Gasteiger partial charge in [0.1, 0.15) is 12.4 Å². The van der Waals surface area contributed by atoms with Gasteiger partial charge in [-0.25, -0.2) is 8.42 Å². The van der Waals surface area contributed by atoms with Gasteiger partial charge in [-0.2, -0.15) is 0 Å². The fourth-order valence-corrected chi connectivity index (χ4v) is 4.63. The third-order valence-electron chi connectivity index (χ3n) is 5.37. The molecule has 1 amide bonds. The quantitative estimate of drug-likeness (QED) is 0.506. The Bertz CT molecular complexity index is 1210. The van der Waals surface area contributed by atoms with Crippen molar-refractivity contribution in [1.29, 1.82) is 0 Å². The topological polar surface area (TPSA) is 93.7 Å². The van der Waals surface area contributed by atoms with Gasteiger partial charge in [0.15, 0.2) is 0 Å². The fraction of sp³-hybridized carbons (Fsp3) is 0.240. The Morgan fingerprint density at radius 2 is 1.82 bits per heavy atom. The lowest BCUT2D eigenvalue weighted by atomic mass is 10.1. The maximum absolute atomic E-state index is 12.7. The van der Waals surface area contributed by atoms with E-state index >= 15 is 0 Å². The van der Waals surface area contributed by atoms with Crippen LogP contribution in [-0.2, 0) is 14.8 Å². The Balaban J connectivity index is 1.41. The highest BCUT2D eigenvalue weighted by Gasteiger charge is 2.17. The molecular weight excluding hydrogens is 440 g/mol. The Morgan fingerprint density at radius 1 is 1.06 bits per heavy atom. The maximum Gasteiger partial charge on any atom is 0.261 e. The molecule has 0 bridgehead atoms. The second kappa shape index (κ2) is 10.1. The van der Waals surface area contributed by atoms with Crippen LogP contribution in [0.1, 0.15) is 28.8 Å². The largest absolute Gasteiger partial charge is 0.491 e. The van der Waals surface area contributed by atoms with E-state index in [4.69, 9.17) is 9.47 Å². The van der Waals surface area contributed by atoms with Crippen molar-refractivity contribution in [3.63, 3.8) is 0 Å². The second-order valence-corrected chi connectivity index (χ2v) is 9.56. The van der Waals surface area contributed by atoms with Crippen LogP contribution < -0.4 is 14.8 Å². The Hall–Kier alpha value is -3.36. The minimum Gasteiger partial charge on any atom is -0.491 e. The van der Waals surface area contributed by atoms with E-state index < -0.39 is 10.0 Å². The molecule has 1 atom stereocenters. The summed E-state index contributed by atoms with van der Waals surface area (Å²) in [7, 11) is -3.74. The van der Waals surface area contributed by atoms with Crippen molar-refractivity contribution in [2.24, 2.45) is 0 Å². The molecule has 2 N–H and O–H groups in total. The van der Waals surface area contributed by atoms with Crippen LogP contribution in [0.2, 0.25) is 0 Å². The summed E-state index contributed by atoms with van der Waals surface area (Å²) >= 11 is 0. The predicted molar refractivity (Wildman–Crippen MR) is 127 cm³/mol. The standard InChI is InChI=1S/C25H26N2O5S/c1-18-9-12-20(16-24(18)27-33(29,30)23-7-3-2-4-8-23)26-25(28)19-10-13-21(14-11-19)32-17-22-6-5-15-31-22/h2-4,7-14,16,22,27H,5-6,15,17H2,1H3,(H,26,28). The molecule has 0 spiro atoms. The van der Waals surface area contributed by atoms with Gasteiger partial charge in [-0.05, 0) is 73.9 Å². The second-order valence-electron chi connectivity index (χ2n) is 7.87. The van der Waals surface area contributed by atoms with E-state index in [9.17, 15) is 13.2 Å². The van der Waals surface area contributed by atoms with Crippen LogP contribution in [0.15, 0.2) is 77.7 Å². The van der Waals surface area contributed by atoms with E-state index in [2.05, 4.69) is 10.0 Å². The molecule has 0 saturated carbocycles. The van der Waals surface area contributed by atoms with Crippen LogP contribution in [-0.4, -0.2) is 33.6 Å². The highest BCUT2D eigenvalue weighted by molar-refractivity contribution is 7.92. The summed E-state index contributed by atoms with van der Waals surface area (Å²) < 4.78 is 39.2. The number of carbonyl (C=O) groups excluding carboxylic acids is 1. The summed E-state index contributed by atoms with van der Waals surface area (Å²) in [6, 6.07) is 20.1. The van der Waals surface area contributed by atoms with Crippen LogP contribution in [0, 0.1) is 6.92 Å². The Labute approximate surface area is 193 Å². The zero-order valence-electron chi connectivity index (χ0n) is 18.3. The number of rotatable bonds is 8. The number of amides is 1. The zero-order valence-corrected chi connectivity index (χ0v) is 19.1. The van der Waals surface area contributed by atoms with Gasteiger partial charge in [-0.15, -0.1) is 0 Å². The van der Waals surface area contributed by atoms with E-state index in [0.29, 0.717) is 29.3 Å². The molecule has 1 aliphatic heterocycles. The molecule has 8 heteroatoms. The SMILES string of the molecule is Cc1ccc(NC(=O)c2ccc(OCC3CCCO3)cc2)cc1NS(=O)(=O)c1ccccc1. The van der Waals surface area contributed by atoms with Crippen molar-refractivity contribution < 1.29 is 22.7 Å². The summed E-state index contributed by atoms with van der Waals surface area (Å²) in [4.78, 5) is 12.9. The minimum absolute atomic E-state index is 0.128. The number of ether oxygens (including phenoxy) is 2. The lowest BCUT2D eigenvalue weighted by molar-refractivity contribution is 0.0679. The van der Waals surface area contributed by atoms with Crippen molar-refractivity contribution >= 4 is 27.3 Å². The van der Waals surface area contributed by atoms with Crippen LogP contribution in [0.3, 0.4) is 0 Å². The molecule has 4 rings (SSSR count). The lowest BCUT2D eigenvalue weighted by Gasteiger charge is -2.13. The summed E-state index contributed by atoms with van der Waals surface area (Å²) in [5, 5.41) is 2.81. The molecule has 172 valence electrons. The first-order valence-electron chi connectivity index (χ1n) is 10.7. The highest BCUT2D eigenvalue weighted by atomic mass is 32.2. The van der Waals surface area contributed by atoms with Gasteiger partial charge < -0.3 is 14.8 Å². The van der Waals surface area contributed by atoms with Crippen LogP contribution >= 0.6 is 0 Å². The first-order valence-corrected chi connectivity index (χ1v) is 12.2. The van der Waals surface area contributed by atoms with Crippen molar-refractivity contribution in [2.45, 2.75) is 30.8 Å². The first kappa shape index (κ1) is 22.8. The molecule has 0 radical (unpaired) electrons. The average molecular weight is 467 g/mol. The number of hydrogen-bond acceptors (Lipinski definition) is 5. The molecule has 3 aromatic carbocycles. The monoisotopic (exact) mass is 466 g/mol. The molecule has 1 unspecified atom stereocenters. The molecule has 1 heterocycles. The van der Waals surface area contributed by atoms with Gasteiger partial charge in [-0.1, -0.05) is 24.3 Å². The zero-order chi connectivity index (χ0) is 23.3. The van der Waals surface area contributed by atoms with Crippen molar-refractivity contribution in [1.82, 2.24) is 0 Å². The molecule has 0 aromatic heterocycles. The van der Waals surface area contributed by atoms with E-state index in [1.165, 1.54) is 12.1 Å². The molecule has 1 fully saturated rings. The number of sulfonamides is 1. The predicted octanol–water partition coefficient (Wildman–Crippen LogP) is 4.61. The molecule has 7 nitrogen and oxygen atoms in total. The fourth-order valence-electron chi connectivity index (χ4n) is 3.48. The number of aryl methyl sites for hydroxylation is 1. The molecular formula is C25H26N2O5S. The van der Waals surface area contributed by atoms with Crippen molar-refractivity contribution in [3.8, 4) is 5.75 Å². The average Bonchev–Trinajstić information content (AvgIpc) is 3.34. The normalized spacial score (nSPS) is 15.7. The van der Waals surface area contributed by atoms with E-state index in [1.54, 1.807) is 67.6 Å². The van der Waals surface area contributed by atoms with Gasteiger partial charge in [0, 0.05) is 17.9 Å². The summed E-state index contributed by atoms with van der Waals surface area (Å²) in [5.74, 6) is 0.372. The van der Waals surface area contributed by atoms with E-state index in [-0.39, 0.29) is 16.9 Å². The molecule has 3 aromatic rings. The number of benzene rings is 3. The molecule has 1 saturated heterocycles. The summed E-state index contributed by atoms with van der Waals surface area (Å²) in [6.45, 7) is 3.07. The number of anilines is 2. The number of hydrogen-bond donors (Lipinski definition) is 2. The van der Waals surface area contributed by atoms with E-state index in [0.717, 1.165) is 25.0 Å². The minimum atomic E-state index is -3.74. The molecule has 33 heavy (non-hydrogen) atoms. The van der Waals surface area contributed by atoms with Gasteiger partial charge in [-0.3, -0.25) is 9.52 Å². The highest BCUT2D eigenvalue weighted by Crippen LogP contribution is 2.24. The summed E-state index contributed by atoms with van der Waals surface area (Å²) in [5.41, 5.74) is 2.08. The molecule has 1 aliphatic rings. The van der Waals surface area contributed by atoms with Crippen LogP contribution in [0.5, 0.6) is 5.75 Å². The van der Waals surface area contributed by atoms with E-state index in [1.807, 2.05) is 0 Å². The summed E-state index contributed by atoms with van der Waals surface area (Å²) in [6.07, 6.45) is 2.19. The number of carbonyl (C=O) groups is 1. The molecule has 0 aliphatic carbocycles. The third kappa shape index (κ3) is 5.91. The van der Waals surface area contributed by atoms with Gasteiger partial charge >= 0.3 is 0 Å². The Kier molecular flexibility index (Phi) is 6.96. The smallest absolute Gasteiger partial charge is 0.261 e. The first-order chi connectivity index (χ1) is 15.9. The Morgan fingerprint density at radius 3 is 2.52 bits per heavy atom. The van der Waals surface area contributed by atoms with Crippen LogP contribution in [0.4, 0.5) is 11.4 Å². The van der Waals surface area contributed by atoms with Gasteiger partial charge in [0.25, 0.3) is 15.9 Å². The van der Waals surface area contributed by atoms with Crippen molar-refractivity contribution in [3.05, 3.63) is 83.9 Å². The van der Waals surface area contributed by atoms with Crippen molar-refractivity contribution in [2.75, 3.05) is 23.3 Å². The third-order valence-corrected chi connectivity index (χ3v) is 6.75. The van der Waals surface area contributed by atoms with Gasteiger partial charge in [0.05, 0.1) is 16.7 Å². The van der Waals surface area contributed by atoms with Gasteiger partial charge in [0.2, 0.25) is 0 Å².